The number of nitrogens with zero attached hydrogens (tertiary/aromatic N) is 2. The average Bonchev–Trinajstić information content (AvgIpc) is 3.17. The van der Waals surface area contributed by atoms with Crippen LogP contribution in [-0.2, 0) is 16.6 Å². The van der Waals surface area contributed by atoms with Crippen molar-refractivity contribution in [3.8, 4) is 16.9 Å². The number of nitro benzene ring substituents is 1. The van der Waals surface area contributed by atoms with E-state index in [-0.39, 0.29) is 23.0 Å². The maximum absolute atomic E-state index is 12.2. The van der Waals surface area contributed by atoms with Gasteiger partial charge in [-0.05, 0) is 65.8 Å². The molecule has 0 bridgehead atoms. The summed E-state index contributed by atoms with van der Waals surface area (Å²) in [6.07, 6.45) is 0.0751. The number of rotatable bonds is 6. The lowest BCUT2D eigenvalue weighted by molar-refractivity contribution is -0.386. The average molecular weight is 475 g/mol. The topological polar surface area (TPSA) is 92.9 Å². The monoisotopic (exact) mass is 474 g/mol. The predicted octanol–water partition coefficient (Wildman–Crippen LogP) is 6.49. The number of aliphatic carboxylic acids is 1. The summed E-state index contributed by atoms with van der Waals surface area (Å²) in [4.78, 5) is 25.0. The Balaban J connectivity index is 1.74. The Hall–Kier alpha value is -3.87. The molecule has 0 fully saturated rings. The standard InChI is InChI=1S/C28H30N2O5/c1-17(2)35-26-13-11-22(16-24(26)30(33)34)29-23-12-8-19(14-20(23)15-25(29)27(31)32)18-6-9-21(10-7-18)28(3,4)5/h6-14,16-17,25H,15H2,1-5H3,(H,31,32). The first-order valence-corrected chi connectivity index (χ1v) is 11.7. The van der Waals surface area contributed by atoms with Gasteiger partial charge in [0.2, 0.25) is 0 Å². The summed E-state index contributed by atoms with van der Waals surface area (Å²) in [6, 6.07) is 18.0. The van der Waals surface area contributed by atoms with Crippen LogP contribution in [0.25, 0.3) is 11.1 Å². The van der Waals surface area contributed by atoms with Crippen molar-refractivity contribution in [2.45, 2.75) is 58.6 Å². The van der Waals surface area contributed by atoms with Gasteiger partial charge in [-0.15, -0.1) is 0 Å². The summed E-state index contributed by atoms with van der Waals surface area (Å²) in [5, 5.41) is 21.7. The molecule has 3 aromatic rings. The van der Waals surface area contributed by atoms with Crippen LogP contribution in [0.4, 0.5) is 17.1 Å². The molecule has 1 aliphatic heterocycles. The van der Waals surface area contributed by atoms with Gasteiger partial charge in [0.05, 0.1) is 11.0 Å². The minimum absolute atomic E-state index is 0.0596. The van der Waals surface area contributed by atoms with Gasteiger partial charge < -0.3 is 14.7 Å². The predicted molar refractivity (Wildman–Crippen MR) is 137 cm³/mol. The molecule has 1 heterocycles. The number of carboxylic acids is 1. The van der Waals surface area contributed by atoms with E-state index in [1.165, 1.54) is 17.7 Å². The fourth-order valence-corrected chi connectivity index (χ4v) is 4.46. The van der Waals surface area contributed by atoms with E-state index in [9.17, 15) is 20.0 Å². The zero-order valence-corrected chi connectivity index (χ0v) is 20.6. The molecule has 0 spiro atoms. The number of fused-ring (bicyclic) bond motifs is 1. The fraction of sp³-hybridized carbons (Fsp3) is 0.321. The van der Waals surface area contributed by atoms with Crippen molar-refractivity contribution in [1.82, 2.24) is 0 Å². The molecule has 1 atom stereocenters. The first kappa shape index (κ1) is 24.3. The molecule has 35 heavy (non-hydrogen) atoms. The van der Waals surface area contributed by atoms with E-state index in [2.05, 4.69) is 45.0 Å². The second-order valence-corrected chi connectivity index (χ2v) is 10.2. The molecule has 0 aliphatic carbocycles. The quantitative estimate of drug-likeness (QED) is 0.324. The van der Waals surface area contributed by atoms with Gasteiger partial charge in [-0.25, -0.2) is 4.79 Å². The summed E-state index contributed by atoms with van der Waals surface area (Å²) in [6.45, 7) is 10.1. The van der Waals surface area contributed by atoms with Gasteiger partial charge in [0.1, 0.15) is 6.04 Å². The highest BCUT2D eigenvalue weighted by atomic mass is 16.6. The summed E-state index contributed by atoms with van der Waals surface area (Å²) >= 11 is 0. The Morgan fingerprint density at radius 3 is 2.29 bits per heavy atom. The molecule has 0 saturated carbocycles. The Morgan fingerprint density at radius 2 is 1.71 bits per heavy atom. The third kappa shape index (κ3) is 4.85. The van der Waals surface area contributed by atoms with E-state index < -0.39 is 16.9 Å². The molecule has 1 N–H and O–H groups in total. The van der Waals surface area contributed by atoms with Crippen LogP contribution in [0.2, 0.25) is 0 Å². The SMILES string of the molecule is CC(C)Oc1ccc(N2c3ccc(-c4ccc(C(C)(C)C)cc4)cc3CC2C(=O)O)cc1[N+](=O)[O-]. The van der Waals surface area contributed by atoms with Crippen LogP contribution in [0.15, 0.2) is 60.7 Å². The molecule has 1 unspecified atom stereocenters. The number of carbonyl (C=O) groups is 1. The third-order valence-corrected chi connectivity index (χ3v) is 6.21. The number of benzene rings is 3. The molecular weight excluding hydrogens is 444 g/mol. The van der Waals surface area contributed by atoms with E-state index in [0.29, 0.717) is 12.1 Å². The molecular formula is C28H30N2O5. The summed E-state index contributed by atoms with van der Waals surface area (Å²) in [5.41, 5.74) is 5.24. The van der Waals surface area contributed by atoms with Crippen molar-refractivity contribution in [2.75, 3.05) is 4.90 Å². The van der Waals surface area contributed by atoms with Crippen LogP contribution in [0.1, 0.15) is 45.7 Å². The lowest BCUT2D eigenvalue weighted by Crippen LogP contribution is -2.35. The Kier molecular flexibility index (Phi) is 6.28. The van der Waals surface area contributed by atoms with Crippen LogP contribution in [0.3, 0.4) is 0 Å². The van der Waals surface area contributed by atoms with Gasteiger partial charge in [0.25, 0.3) is 0 Å². The van der Waals surface area contributed by atoms with Gasteiger partial charge in [-0.2, -0.15) is 0 Å². The van der Waals surface area contributed by atoms with E-state index >= 15 is 0 Å². The Morgan fingerprint density at radius 1 is 1.06 bits per heavy atom. The van der Waals surface area contributed by atoms with Crippen LogP contribution < -0.4 is 9.64 Å². The molecule has 3 aromatic carbocycles. The lowest BCUT2D eigenvalue weighted by atomic mass is 9.86. The van der Waals surface area contributed by atoms with E-state index in [4.69, 9.17) is 4.74 Å². The van der Waals surface area contributed by atoms with Crippen LogP contribution in [0.5, 0.6) is 5.75 Å². The Bertz CT molecular complexity index is 1280. The number of hydrogen-bond acceptors (Lipinski definition) is 5. The summed E-state index contributed by atoms with van der Waals surface area (Å²) < 4.78 is 5.59. The number of nitro groups is 1. The van der Waals surface area contributed by atoms with Gasteiger partial charge >= 0.3 is 11.7 Å². The second kappa shape index (κ2) is 9.06. The first-order valence-electron chi connectivity index (χ1n) is 11.7. The number of carboxylic acid groups (broad SMARTS) is 1. The number of ether oxygens (including phenoxy) is 1. The van der Waals surface area contributed by atoms with Crippen molar-refractivity contribution in [3.05, 3.63) is 81.9 Å². The van der Waals surface area contributed by atoms with E-state index in [0.717, 1.165) is 22.4 Å². The zero-order valence-electron chi connectivity index (χ0n) is 20.6. The Labute approximate surface area is 205 Å². The van der Waals surface area contributed by atoms with Crippen LogP contribution in [-0.4, -0.2) is 28.1 Å². The molecule has 0 amide bonds. The van der Waals surface area contributed by atoms with Gasteiger partial charge in [-0.3, -0.25) is 10.1 Å². The molecule has 182 valence electrons. The van der Waals surface area contributed by atoms with Crippen molar-refractivity contribution in [3.63, 3.8) is 0 Å². The highest BCUT2D eigenvalue weighted by Crippen LogP contribution is 2.43. The van der Waals surface area contributed by atoms with E-state index in [1.807, 2.05) is 18.2 Å². The summed E-state index contributed by atoms with van der Waals surface area (Å²) in [5.74, 6) is -0.823. The van der Waals surface area contributed by atoms with Crippen molar-refractivity contribution >= 4 is 23.0 Å². The molecule has 4 rings (SSSR count). The second-order valence-electron chi connectivity index (χ2n) is 10.2. The first-order chi connectivity index (χ1) is 16.5. The normalized spacial score (nSPS) is 15.3. The fourth-order valence-electron chi connectivity index (χ4n) is 4.46. The van der Waals surface area contributed by atoms with Crippen molar-refractivity contribution in [1.29, 1.82) is 0 Å². The smallest absolute Gasteiger partial charge is 0.327 e. The highest BCUT2D eigenvalue weighted by Gasteiger charge is 2.36. The highest BCUT2D eigenvalue weighted by molar-refractivity contribution is 5.88. The van der Waals surface area contributed by atoms with Gasteiger partial charge in [-0.1, -0.05) is 51.1 Å². The van der Waals surface area contributed by atoms with Crippen LogP contribution in [0, 0.1) is 10.1 Å². The van der Waals surface area contributed by atoms with E-state index in [1.54, 1.807) is 24.8 Å². The maximum Gasteiger partial charge on any atom is 0.327 e. The number of hydrogen-bond donors (Lipinski definition) is 1. The third-order valence-electron chi connectivity index (χ3n) is 6.21. The molecule has 1 aliphatic rings. The van der Waals surface area contributed by atoms with Crippen LogP contribution >= 0.6 is 0 Å². The minimum Gasteiger partial charge on any atom is -0.484 e. The largest absolute Gasteiger partial charge is 0.484 e. The molecule has 0 aromatic heterocycles. The lowest BCUT2D eigenvalue weighted by Gasteiger charge is -2.25. The van der Waals surface area contributed by atoms with Gasteiger partial charge in [0.15, 0.2) is 5.75 Å². The molecule has 0 saturated heterocycles. The molecule has 7 heteroatoms. The zero-order chi connectivity index (χ0) is 25.5. The van der Waals surface area contributed by atoms with Crippen molar-refractivity contribution in [2.24, 2.45) is 0 Å². The summed E-state index contributed by atoms with van der Waals surface area (Å²) in [7, 11) is 0. The minimum atomic E-state index is -0.984. The molecule has 0 radical (unpaired) electrons. The number of anilines is 2. The van der Waals surface area contributed by atoms with Gasteiger partial charge in [0, 0.05) is 23.9 Å². The maximum atomic E-state index is 12.2. The van der Waals surface area contributed by atoms with Crippen molar-refractivity contribution < 1.29 is 19.6 Å². The molecule has 7 nitrogen and oxygen atoms in total.